The maximum atomic E-state index is 11.7. The van der Waals surface area contributed by atoms with Crippen molar-refractivity contribution < 1.29 is 19.1 Å². The molecule has 0 saturated carbocycles. The van der Waals surface area contributed by atoms with Crippen LogP contribution in [0.4, 0.5) is 0 Å². The summed E-state index contributed by atoms with van der Waals surface area (Å²) in [5.41, 5.74) is 5.48. The van der Waals surface area contributed by atoms with Gasteiger partial charge in [0.05, 0.1) is 19.0 Å². The first-order valence-electron chi connectivity index (χ1n) is 5.18. The van der Waals surface area contributed by atoms with Crippen molar-refractivity contribution in [2.24, 2.45) is 5.73 Å². The van der Waals surface area contributed by atoms with Crippen molar-refractivity contribution in [3.05, 3.63) is 23.7 Å². The van der Waals surface area contributed by atoms with Gasteiger partial charge in [-0.1, -0.05) is 0 Å². The van der Waals surface area contributed by atoms with Crippen molar-refractivity contribution in [1.82, 2.24) is 4.90 Å². The molecule has 0 fully saturated rings. The fourth-order valence-electron chi connectivity index (χ4n) is 1.44. The molecule has 1 atom stereocenters. The number of rotatable bonds is 5. The molecule has 6 nitrogen and oxygen atoms in total. The van der Waals surface area contributed by atoms with Crippen LogP contribution >= 0.6 is 0 Å². The minimum atomic E-state index is -1.09. The molecule has 0 aliphatic carbocycles. The predicted molar refractivity (Wildman–Crippen MR) is 60.1 cm³/mol. The van der Waals surface area contributed by atoms with Crippen LogP contribution in [0.1, 0.15) is 17.9 Å². The highest BCUT2D eigenvalue weighted by molar-refractivity contribution is 5.85. The smallest absolute Gasteiger partial charge is 0.305 e. The molecular formula is C11H16N2O4. The van der Waals surface area contributed by atoms with Gasteiger partial charge in [-0.2, -0.15) is 0 Å². The first kappa shape index (κ1) is 13.2. The number of hydrogen-bond acceptors (Lipinski definition) is 4. The van der Waals surface area contributed by atoms with Gasteiger partial charge in [-0.25, -0.2) is 0 Å². The Morgan fingerprint density at radius 1 is 1.53 bits per heavy atom. The fourth-order valence-corrected chi connectivity index (χ4v) is 1.44. The van der Waals surface area contributed by atoms with Gasteiger partial charge in [0.1, 0.15) is 11.5 Å². The van der Waals surface area contributed by atoms with Crippen molar-refractivity contribution in [1.29, 1.82) is 0 Å². The maximum Gasteiger partial charge on any atom is 0.305 e. The van der Waals surface area contributed by atoms with Gasteiger partial charge >= 0.3 is 5.97 Å². The van der Waals surface area contributed by atoms with E-state index in [-0.39, 0.29) is 13.0 Å². The monoisotopic (exact) mass is 240 g/mol. The zero-order valence-electron chi connectivity index (χ0n) is 9.84. The summed E-state index contributed by atoms with van der Waals surface area (Å²) < 4.78 is 5.31. The van der Waals surface area contributed by atoms with Crippen molar-refractivity contribution >= 4 is 11.9 Å². The van der Waals surface area contributed by atoms with E-state index >= 15 is 0 Å². The van der Waals surface area contributed by atoms with Gasteiger partial charge in [0.2, 0.25) is 5.91 Å². The van der Waals surface area contributed by atoms with Crippen LogP contribution in [-0.4, -0.2) is 35.0 Å². The molecule has 6 heteroatoms. The molecular weight excluding hydrogens is 224 g/mol. The second-order valence-electron chi connectivity index (χ2n) is 3.91. The highest BCUT2D eigenvalue weighted by atomic mass is 16.4. The van der Waals surface area contributed by atoms with Crippen LogP contribution in [0.25, 0.3) is 0 Å². The molecule has 94 valence electrons. The lowest BCUT2D eigenvalue weighted by atomic mass is 10.2. The maximum absolute atomic E-state index is 11.7. The van der Waals surface area contributed by atoms with Gasteiger partial charge in [0.25, 0.3) is 0 Å². The van der Waals surface area contributed by atoms with Crippen molar-refractivity contribution in [3.63, 3.8) is 0 Å². The number of carbonyl (C=O) groups excluding carboxylic acids is 1. The topological polar surface area (TPSA) is 96.8 Å². The average Bonchev–Trinajstić information content (AvgIpc) is 2.61. The number of likely N-dealkylation sites (N-methyl/N-ethyl adjacent to an activating group) is 1. The third-order valence-electron chi connectivity index (χ3n) is 2.28. The number of hydrogen-bond donors (Lipinski definition) is 2. The minimum Gasteiger partial charge on any atom is -0.481 e. The van der Waals surface area contributed by atoms with E-state index in [1.807, 2.05) is 6.92 Å². The number of amides is 1. The number of furan rings is 1. The number of carboxylic acid groups (broad SMARTS) is 1. The lowest BCUT2D eigenvalue weighted by Crippen LogP contribution is -2.42. The molecule has 17 heavy (non-hydrogen) atoms. The van der Waals surface area contributed by atoms with Crippen molar-refractivity contribution in [3.8, 4) is 0 Å². The van der Waals surface area contributed by atoms with Gasteiger partial charge in [-0.15, -0.1) is 0 Å². The van der Waals surface area contributed by atoms with Crippen LogP contribution in [0.15, 0.2) is 16.5 Å². The van der Waals surface area contributed by atoms with E-state index in [4.69, 9.17) is 15.3 Å². The average molecular weight is 240 g/mol. The number of aryl methyl sites for hydroxylation is 1. The minimum absolute atomic E-state index is 0.278. The molecule has 0 saturated heterocycles. The number of carboxylic acids is 1. The lowest BCUT2D eigenvalue weighted by Gasteiger charge is -2.19. The zero-order chi connectivity index (χ0) is 13.0. The van der Waals surface area contributed by atoms with E-state index in [2.05, 4.69) is 0 Å². The van der Waals surface area contributed by atoms with Gasteiger partial charge in [0.15, 0.2) is 0 Å². The summed E-state index contributed by atoms with van der Waals surface area (Å²) in [4.78, 5) is 23.5. The Hall–Kier alpha value is -1.82. The van der Waals surface area contributed by atoms with Gasteiger partial charge < -0.3 is 20.2 Å². The number of carbonyl (C=O) groups is 2. The summed E-state index contributed by atoms with van der Waals surface area (Å²) in [6, 6.07) is 2.54. The third-order valence-corrected chi connectivity index (χ3v) is 2.28. The second kappa shape index (κ2) is 5.49. The summed E-state index contributed by atoms with van der Waals surface area (Å²) in [5.74, 6) is -0.105. The largest absolute Gasteiger partial charge is 0.481 e. The van der Waals surface area contributed by atoms with E-state index in [1.165, 1.54) is 4.90 Å². The SMILES string of the molecule is Cc1ccc(CN(C)C(=O)C(N)CC(=O)O)o1. The first-order valence-corrected chi connectivity index (χ1v) is 5.18. The third kappa shape index (κ3) is 3.92. The number of nitrogens with two attached hydrogens (primary N) is 1. The molecule has 1 unspecified atom stereocenters. The Labute approximate surface area is 99.0 Å². The summed E-state index contributed by atoms with van der Waals surface area (Å²) in [6.07, 6.45) is -0.375. The zero-order valence-corrected chi connectivity index (χ0v) is 9.84. The molecule has 0 aliphatic heterocycles. The molecule has 0 bridgehead atoms. The number of aliphatic carboxylic acids is 1. The quantitative estimate of drug-likeness (QED) is 0.774. The summed E-state index contributed by atoms with van der Waals surface area (Å²) in [7, 11) is 1.56. The normalized spacial score (nSPS) is 12.2. The highest BCUT2D eigenvalue weighted by Gasteiger charge is 2.21. The Morgan fingerprint density at radius 3 is 2.65 bits per heavy atom. The van der Waals surface area contributed by atoms with Crippen LogP contribution in [0.3, 0.4) is 0 Å². The lowest BCUT2D eigenvalue weighted by molar-refractivity contribution is -0.141. The molecule has 0 radical (unpaired) electrons. The molecule has 0 aliphatic rings. The predicted octanol–water partition coefficient (Wildman–Crippen LogP) is 0.348. The first-order chi connectivity index (χ1) is 7.90. The molecule has 0 spiro atoms. The van der Waals surface area contributed by atoms with Gasteiger partial charge in [0, 0.05) is 7.05 Å². The molecule has 1 aromatic heterocycles. The number of nitrogens with zero attached hydrogens (tertiary/aromatic N) is 1. The molecule has 3 N–H and O–H groups in total. The van der Waals surface area contributed by atoms with E-state index in [0.717, 1.165) is 5.76 Å². The second-order valence-corrected chi connectivity index (χ2v) is 3.91. The molecule has 1 heterocycles. The Kier molecular flexibility index (Phi) is 4.28. The fraction of sp³-hybridized carbons (Fsp3) is 0.455. The Bertz CT molecular complexity index is 413. The summed E-state index contributed by atoms with van der Waals surface area (Å²) >= 11 is 0. The summed E-state index contributed by atoms with van der Waals surface area (Å²) in [6.45, 7) is 2.08. The van der Waals surface area contributed by atoms with Crippen LogP contribution in [0.2, 0.25) is 0 Å². The highest BCUT2D eigenvalue weighted by Crippen LogP contribution is 2.09. The van der Waals surface area contributed by atoms with E-state index in [0.29, 0.717) is 5.76 Å². The van der Waals surface area contributed by atoms with Crippen LogP contribution in [0, 0.1) is 6.92 Å². The van der Waals surface area contributed by atoms with Gasteiger partial charge in [-0.3, -0.25) is 9.59 Å². The van der Waals surface area contributed by atoms with E-state index in [1.54, 1.807) is 19.2 Å². The molecule has 1 amide bonds. The van der Waals surface area contributed by atoms with Crippen molar-refractivity contribution in [2.75, 3.05) is 7.05 Å². The molecule has 0 aromatic carbocycles. The van der Waals surface area contributed by atoms with Crippen LogP contribution < -0.4 is 5.73 Å². The summed E-state index contributed by atoms with van der Waals surface area (Å²) in [5, 5.41) is 8.54. The Balaban J connectivity index is 2.55. The Morgan fingerprint density at radius 2 is 2.18 bits per heavy atom. The molecule has 1 rings (SSSR count). The van der Waals surface area contributed by atoms with Gasteiger partial charge in [-0.05, 0) is 19.1 Å². The van der Waals surface area contributed by atoms with Crippen LogP contribution in [0.5, 0.6) is 0 Å². The standard InChI is InChI=1S/C11H16N2O4/c1-7-3-4-8(17-7)6-13(2)11(16)9(12)5-10(14)15/h3-4,9H,5-6,12H2,1-2H3,(H,14,15). The van der Waals surface area contributed by atoms with E-state index in [9.17, 15) is 9.59 Å². The van der Waals surface area contributed by atoms with Crippen molar-refractivity contribution in [2.45, 2.75) is 25.9 Å². The van der Waals surface area contributed by atoms with E-state index < -0.39 is 17.9 Å². The molecule has 1 aromatic rings. The van der Waals surface area contributed by atoms with Crippen LogP contribution in [-0.2, 0) is 16.1 Å².